The first-order chi connectivity index (χ1) is 9.10. The van der Waals surface area contributed by atoms with Crippen molar-refractivity contribution in [3.8, 4) is 0 Å². The monoisotopic (exact) mass is 342 g/mol. The summed E-state index contributed by atoms with van der Waals surface area (Å²) in [6.45, 7) is 0.683. The molecule has 0 fully saturated rings. The van der Waals surface area contributed by atoms with E-state index in [9.17, 15) is 4.39 Å². The minimum absolute atomic E-state index is 0.239. The normalized spacial score (nSPS) is 10.5. The van der Waals surface area contributed by atoms with Gasteiger partial charge in [0, 0.05) is 23.6 Å². The number of alkyl halides is 1. The van der Waals surface area contributed by atoms with Gasteiger partial charge in [0.15, 0.2) is 0 Å². The highest BCUT2D eigenvalue weighted by Crippen LogP contribution is 2.22. The number of halogens is 3. The Morgan fingerprint density at radius 1 is 1.37 bits per heavy atom. The fourth-order valence-corrected chi connectivity index (χ4v) is 2.54. The topological polar surface area (TPSA) is 16.1 Å². The molecule has 0 spiro atoms. The number of hydrogen-bond acceptors (Lipinski definition) is 2. The molecule has 1 aromatic heterocycles. The van der Waals surface area contributed by atoms with E-state index < -0.39 is 0 Å². The van der Waals surface area contributed by atoms with Gasteiger partial charge in [-0.3, -0.25) is 0 Å². The summed E-state index contributed by atoms with van der Waals surface area (Å²) in [5, 5.41) is 0. The maximum atomic E-state index is 13.1. The molecule has 0 radical (unpaired) electrons. The van der Waals surface area contributed by atoms with Gasteiger partial charge in [-0.1, -0.05) is 28.1 Å². The molecule has 0 bridgehead atoms. The van der Waals surface area contributed by atoms with Gasteiger partial charge in [0.2, 0.25) is 0 Å². The lowest BCUT2D eigenvalue weighted by molar-refractivity contribution is 0.619. The predicted molar refractivity (Wildman–Crippen MR) is 80.0 cm³/mol. The maximum absolute atomic E-state index is 13.1. The summed E-state index contributed by atoms with van der Waals surface area (Å²) in [5.41, 5.74) is 1.84. The zero-order valence-electron chi connectivity index (χ0n) is 10.4. The van der Waals surface area contributed by atoms with Gasteiger partial charge >= 0.3 is 0 Å². The fraction of sp³-hybridized carbons (Fsp3) is 0.214. The number of aromatic nitrogens is 1. The third kappa shape index (κ3) is 3.67. The van der Waals surface area contributed by atoms with Crippen molar-refractivity contribution in [2.45, 2.75) is 12.4 Å². The molecule has 0 amide bonds. The van der Waals surface area contributed by atoms with Crippen molar-refractivity contribution in [3.05, 3.63) is 57.9 Å². The lowest BCUT2D eigenvalue weighted by Crippen LogP contribution is -2.19. The number of rotatable bonds is 4. The smallest absolute Gasteiger partial charge is 0.141 e. The largest absolute Gasteiger partial charge is 0.355 e. The maximum Gasteiger partial charge on any atom is 0.141 e. The standard InChI is InChI=1S/C14H13BrClFN2/c1-19(9-10-3-2-4-12(15)5-10)14-11(7-16)6-13(17)8-18-14/h2-6,8H,7,9H2,1H3. The Kier molecular flexibility index (Phi) is 4.77. The molecule has 0 atom stereocenters. The van der Waals surface area contributed by atoms with Gasteiger partial charge in [-0.25, -0.2) is 9.37 Å². The minimum Gasteiger partial charge on any atom is -0.355 e. The molecule has 0 aliphatic rings. The van der Waals surface area contributed by atoms with Gasteiger partial charge in [-0.2, -0.15) is 0 Å². The molecule has 100 valence electrons. The molecule has 2 nitrogen and oxygen atoms in total. The SMILES string of the molecule is CN(Cc1cccc(Br)c1)c1ncc(F)cc1CCl. The van der Waals surface area contributed by atoms with Crippen LogP contribution in [0.4, 0.5) is 10.2 Å². The van der Waals surface area contributed by atoms with E-state index in [0.717, 1.165) is 10.0 Å². The Bertz CT molecular complexity index is 577. The van der Waals surface area contributed by atoms with Crippen LogP contribution >= 0.6 is 27.5 Å². The van der Waals surface area contributed by atoms with Crippen LogP contribution < -0.4 is 4.90 Å². The third-order valence-electron chi connectivity index (χ3n) is 2.72. The predicted octanol–water partition coefficient (Wildman–Crippen LogP) is 4.36. The average molecular weight is 344 g/mol. The summed E-state index contributed by atoms with van der Waals surface area (Å²) in [4.78, 5) is 6.08. The van der Waals surface area contributed by atoms with Crippen LogP contribution in [0.5, 0.6) is 0 Å². The van der Waals surface area contributed by atoms with Gasteiger partial charge in [-0.15, -0.1) is 11.6 Å². The number of hydrogen-bond donors (Lipinski definition) is 0. The Morgan fingerprint density at radius 2 is 2.16 bits per heavy atom. The molecule has 0 aliphatic heterocycles. The molecule has 1 heterocycles. The van der Waals surface area contributed by atoms with Gasteiger partial charge in [0.25, 0.3) is 0 Å². The van der Waals surface area contributed by atoms with E-state index in [1.165, 1.54) is 12.3 Å². The Morgan fingerprint density at radius 3 is 2.84 bits per heavy atom. The van der Waals surface area contributed by atoms with Gasteiger partial charge < -0.3 is 4.90 Å². The fourth-order valence-electron chi connectivity index (χ4n) is 1.90. The molecule has 0 unspecified atom stereocenters. The molecule has 0 aliphatic carbocycles. The van der Waals surface area contributed by atoms with Crippen LogP contribution in [0, 0.1) is 5.82 Å². The van der Waals surface area contributed by atoms with E-state index >= 15 is 0 Å². The van der Waals surface area contributed by atoms with Crippen molar-refractivity contribution in [2.24, 2.45) is 0 Å². The van der Waals surface area contributed by atoms with E-state index in [0.29, 0.717) is 17.9 Å². The van der Waals surface area contributed by atoms with E-state index in [1.807, 2.05) is 36.2 Å². The van der Waals surface area contributed by atoms with Crippen LogP contribution in [0.2, 0.25) is 0 Å². The molecule has 1 aromatic carbocycles. The summed E-state index contributed by atoms with van der Waals surface area (Å²) in [6, 6.07) is 9.45. The first kappa shape index (κ1) is 14.3. The molecule has 19 heavy (non-hydrogen) atoms. The summed E-state index contributed by atoms with van der Waals surface area (Å²) in [5.74, 6) is 0.578. The van der Waals surface area contributed by atoms with Crippen molar-refractivity contribution in [3.63, 3.8) is 0 Å². The van der Waals surface area contributed by atoms with Crippen molar-refractivity contribution in [1.82, 2.24) is 4.98 Å². The number of anilines is 1. The van der Waals surface area contributed by atoms with E-state index in [2.05, 4.69) is 20.9 Å². The Hall–Kier alpha value is -1.13. The quantitative estimate of drug-likeness (QED) is 0.767. The van der Waals surface area contributed by atoms with Crippen molar-refractivity contribution in [1.29, 1.82) is 0 Å². The summed E-state index contributed by atoms with van der Waals surface area (Å²) in [6.07, 6.45) is 1.21. The molecule has 0 N–H and O–H groups in total. The average Bonchev–Trinajstić information content (AvgIpc) is 2.38. The Labute approximate surface area is 125 Å². The zero-order valence-corrected chi connectivity index (χ0v) is 12.7. The lowest BCUT2D eigenvalue weighted by atomic mass is 10.2. The lowest BCUT2D eigenvalue weighted by Gasteiger charge is -2.20. The minimum atomic E-state index is -0.366. The molecule has 5 heteroatoms. The highest BCUT2D eigenvalue weighted by atomic mass is 79.9. The Balaban J connectivity index is 2.22. The second kappa shape index (κ2) is 6.35. The van der Waals surface area contributed by atoms with Crippen molar-refractivity contribution in [2.75, 3.05) is 11.9 Å². The molecular formula is C14H13BrClFN2. The van der Waals surface area contributed by atoms with Crippen LogP contribution in [0.25, 0.3) is 0 Å². The zero-order chi connectivity index (χ0) is 13.8. The van der Waals surface area contributed by atoms with Gasteiger partial charge in [0.1, 0.15) is 11.6 Å². The van der Waals surface area contributed by atoms with Gasteiger partial charge in [-0.05, 0) is 23.8 Å². The highest BCUT2D eigenvalue weighted by molar-refractivity contribution is 9.10. The highest BCUT2D eigenvalue weighted by Gasteiger charge is 2.10. The number of benzene rings is 1. The molecule has 2 aromatic rings. The van der Waals surface area contributed by atoms with Crippen molar-refractivity contribution >= 4 is 33.3 Å². The molecule has 0 saturated heterocycles. The third-order valence-corrected chi connectivity index (χ3v) is 3.50. The van der Waals surface area contributed by atoms with Crippen LogP contribution in [0.1, 0.15) is 11.1 Å². The summed E-state index contributed by atoms with van der Waals surface area (Å²) in [7, 11) is 1.91. The summed E-state index contributed by atoms with van der Waals surface area (Å²) >= 11 is 9.28. The number of nitrogens with zero attached hydrogens (tertiary/aromatic N) is 2. The van der Waals surface area contributed by atoms with Gasteiger partial charge in [0.05, 0.1) is 12.1 Å². The summed E-state index contributed by atoms with van der Waals surface area (Å²) < 4.78 is 14.2. The first-order valence-electron chi connectivity index (χ1n) is 5.76. The molecular weight excluding hydrogens is 331 g/mol. The van der Waals surface area contributed by atoms with Crippen LogP contribution in [-0.2, 0) is 12.4 Å². The van der Waals surface area contributed by atoms with E-state index in [4.69, 9.17) is 11.6 Å². The first-order valence-corrected chi connectivity index (χ1v) is 7.09. The second-order valence-corrected chi connectivity index (χ2v) is 5.44. The van der Waals surface area contributed by atoms with Crippen molar-refractivity contribution < 1.29 is 4.39 Å². The van der Waals surface area contributed by atoms with Crippen LogP contribution in [-0.4, -0.2) is 12.0 Å². The van der Waals surface area contributed by atoms with E-state index in [1.54, 1.807) is 0 Å². The second-order valence-electron chi connectivity index (χ2n) is 4.26. The molecule has 0 saturated carbocycles. The number of pyridine rings is 1. The van der Waals surface area contributed by atoms with Crippen LogP contribution in [0.3, 0.4) is 0 Å². The van der Waals surface area contributed by atoms with E-state index in [-0.39, 0.29) is 11.7 Å². The molecule has 2 rings (SSSR count). The van der Waals surface area contributed by atoms with Crippen LogP contribution in [0.15, 0.2) is 41.0 Å².